The predicted molar refractivity (Wildman–Crippen MR) is 83.7 cm³/mol. The largest absolute Gasteiger partial charge is 0.468 e. The van der Waals surface area contributed by atoms with Crippen LogP contribution in [0.15, 0.2) is 0 Å². The van der Waals surface area contributed by atoms with Crippen LogP contribution in [0.4, 0.5) is 4.79 Å². The molecule has 134 valence electrons. The number of urea groups is 1. The summed E-state index contributed by atoms with van der Waals surface area (Å²) in [6.07, 6.45) is 2.70. The molecule has 0 bridgehead atoms. The molecule has 3 fully saturated rings. The maximum Gasteiger partial charge on any atom is 0.326 e. The SMILES string of the molecule is COC(=O)[C@@H]1C[C@@H](O)CN1CN1C(=O)NC2(CCC(C)CC2)C1=O. The lowest BCUT2D eigenvalue weighted by Crippen LogP contribution is -2.50. The standard InChI is InChI=1S/C16H25N3O5/c1-10-3-5-16(6-4-10)14(22)19(15(23)17-16)9-18-8-11(20)7-12(18)13(21)24-2/h10-12,20H,3-9H2,1-2H3,(H,17,23)/t10?,11-,12+,16?/m1/s1. The number of imide groups is 1. The molecule has 24 heavy (non-hydrogen) atoms. The van der Waals surface area contributed by atoms with Crippen LogP contribution in [-0.2, 0) is 14.3 Å². The fourth-order valence-corrected chi connectivity index (χ4v) is 4.00. The van der Waals surface area contributed by atoms with Crippen molar-refractivity contribution in [1.82, 2.24) is 15.1 Å². The summed E-state index contributed by atoms with van der Waals surface area (Å²) in [5, 5.41) is 12.7. The third-order valence-corrected chi connectivity index (χ3v) is 5.55. The zero-order chi connectivity index (χ0) is 17.5. The van der Waals surface area contributed by atoms with Gasteiger partial charge in [-0.3, -0.25) is 14.5 Å². The number of esters is 1. The van der Waals surface area contributed by atoms with Crippen LogP contribution in [0.25, 0.3) is 0 Å². The molecule has 8 heteroatoms. The summed E-state index contributed by atoms with van der Waals surface area (Å²) >= 11 is 0. The zero-order valence-corrected chi connectivity index (χ0v) is 14.2. The van der Waals surface area contributed by atoms with Crippen molar-refractivity contribution in [3.05, 3.63) is 0 Å². The molecule has 1 spiro atoms. The van der Waals surface area contributed by atoms with Gasteiger partial charge in [-0.25, -0.2) is 9.69 Å². The molecule has 1 aliphatic carbocycles. The van der Waals surface area contributed by atoms with Gasteiger partial charge in [0.25, 0.3) is 5.91 Å². The minimum atomic E-state index is -0.789. The van der Waals surface area contributed by atoms with E-state index in [9.17, 15) is 19.5 Å². The lowest BCUT2D eigenvalue weighted by atomic mass is 9.77. The predicted octanol–water partition coefficient (Wildman–Crippen LogP) is 0.0528. The Kier molecular flexibility index (Phi) is 4.52. The summed E-state index contributed by atoms with van der Waals surface area (Å²) in [5.74, 6) is -0.115. The van der Waals surface area contributed by atoms with E-state index in [0.29, 0.717) is 18.8 Å². The monoisotopic (exact) mass is 339 g/mol. The fraction of sp³-hybridized carbons (Fsp3) is 0.812. The van der Waals surface area contributed by atoms with E-state index < -0.39 is 29.7 Å². The minimum Gasteiger partial charge on any atom is -0.468 e. The highest BCUT2D eigenvalue weighted by Crippen LogP contribution is 2.36. The molecular weight excluding hydrogens is 314 g/mol. The molecule has 2 heterocycles. The number of hydrogen-bond acceptors (Lipinski definition) is 6. The number of aliphatic hydroxyl groups excluding tert-OH is 1. The van der Waals surface area contributed by atoms with Crippen LogP contribution >= 0.6 is 0 Å². The zero-order valence-electron chi connectivity index (χ0n) is 14.2. The number of likely N-dealkylation sites (tertiary alicyclic amines) is 1. The first kappa shape index (κ1) is 17.2. The normalized spacial score (nSPS) is 37.1. The summed E-state index contributed by atoms with van der Waals surface area (Å²) in [7, 11) is 1.29. The van der Waals surface area contributed by atoms with Crippen LogP contribution < -0.4 is 5.32 Å². The van der Waals surface area contributed by atoms with Crippen LogP contribution in [0, 0.1) is 5.92 Å². The third-order valence-electron chi connectivity index (χ3n) is 5.55. The Morgan fingerprint density at radius 2 is 2.04 bits per heavy atom. The molecule has 8 nitrogen and oxygen atoms in total. The molecule has 2 atom stereocenters. The van der Waals surface area contributed by atoms with Crippen LogP contribution in [0.2, 0.25) is 0 Å². The molecule has 3 aliphatic rings. The Labute approximate surface area is 141 Å². The van der Waals surface area contributed by atoms with Crippen LogP contribution in [-0.4, -0.2) is 70.8 Å². The Hall–Kier alpha value is -1.67. The summed E-state index contributed by atoms with van der Waals surface area (Å²) in [5.41, 5.74) is -0.789. The van der Waals surface area contributed by atoms with E-state index in [4.69, 9.17) is 4.74 Å². The second-order valence-corrected chi connectivity index (χ2v) is 7.27. The van der Waals surface area contributed by atoms with Gasteiger partial charge in [0.05, 0.1) is 19.9 Å². The summed E-state index contributed by atoms with van der Waals surface area (Å²) < 4.78 is 4.76. The summed E-state index contributed by atoms with van der Waals surface area (Å²) in [6, 6.07) is -1.05. The van der Waals surface area contributed by atoms with E-state index in [-0.39, 0.29) is 25.5 Å². The molecule has 2 aliphatic heterocycles. The molecule has 2 N–H and O–H groups in total. The van der Waals surface area contributed by atoms with Crippen LogP contribution in [0.1, 0.15) is 39.0 Å². The van der Waals surface area contributed by atoms with Gasteiger partial charge in [-0.2, -0.15) is 0 Å². The average Bonchev–Trinajstić information content (AvgIpc) is 3.03. The molecule has 0 aromatic rings. The number of nitrogens with one attached hydrogen (secondary N) is 1. The van der Waals surface area contributed by atoms with E-state index in [0.717, 1.165) is 12.8 Å². The van der Waals surface area contributed by atoms with Crippen molar-refractivity contribution >= 4 is 17.9 Å². The van der Waals surface area contributed by atoms with Gasteiger partial charge >= 0.3 is 12.0 Å². The maximum atomic E-state index is 12.9. The number of β-amino-alcohol motifs (C(OH)–C–C–N with tert-alkyl or cyclic N) is 1. The van der Waals surface area contributed by atoms with Gasteiger partial charge in [-0.05, 0) is 31.6 Å². The highest BCUT2D eigenvalue weighted by Gasteiger charge is 2.53. The second kappa shape index (κ2) is 6.33. The van der Waals surface area contributed by atoms with Crippen molar-refractivity contribution in [3.8, 4) is 0 Å². The first-order valence-electron chi connectivity index (χ1n) is 8.50. The number of carbonyl (C=O) groups is 3. The Bertz CT molecular complexity index is 544. The quantitative estimate of drug-likeness (QED) is 0.557. The molecule has 0 aromatic heterocycles. The fourth-order valence-electron chi connectivity index (χ4n) is 4.00. The second-order valence-electron chi connectivity index (χ2n) is 7.27. The van der Waals surface area contributed by atoms with Crippen LogP contribution in [0.5, 0.6) is 0 Å². The summed E-state index contributed by atoms with van der Waals surface area (Å²) in [6.45, 7) is 2.39. The minimum absolute atomic E-state index is 0.00119. The van der Waals surface area contributed by atoms with E-state index >= 15 is 0 Å². The number of rotatable bonds is 3. The van der Waals surface area contributed by atoms with Crippen molar-refractivity contribution in [1.29, 1.82) is 0 Å². The maximum absolute atomic E-state index is 12.9. The van der Waals surface area contributed by atoms with Crippen molar-refractivity contribution in [2.45, 2.75) is 56.7 Å². The Balaban J connectivity index is 1.72. The van der Waals surface area contributed by atoms with Crippen molar-refractivity contribution < 1.29 is 24.2 Å². The van der Waals surface area contributed by atoms with E-state index in [2.05, 4.69) is 12.2 Å². The number of hydrogen-bond donors (Lipinski definition) is 2. The first-order chi connectivity index (χ1) is 11.4. The number of nitrogens with zero attached hydrogens (tertiary/aromatic N) is 2. The number of ether oxygens (including phenoxy) is 1. The van der Waals surface area contributed by atoms with Gasteiger partial charge in [0.15, 0.2) is 0 Å². The molecule has 3 amide bonds. The van der Waals surface area contributed by atoms with Crippen molar-refractivity contribution in [2.24, 2.45) is 5.92 Å². The number of carbonyl (C=O) groups excluding carboxylic acids is 3. The van der Waals surface area contributed by atoms with E-state index in [1.807, 2.05) is 0 Å². The molecule has 0 aromatic carbocycles. The van der Waals surface area contributed by atoms with E-state index in [1.165, 1.54) is 12.0 Å². The highest BCUT2D eigenvalue weighted by atomic mass is 16.5. The van der Waals surface area contributed by atoms with Crippen LogP contribution in [0.3, 0.4) is 0 Å². The van der Waals surface area contributed by atoms with Gasteiger partial charge in [0.1, 0.15) is 11.6 Å². The highest BCUT2D eigenvalue weighted by molar-refractivity contribution is 6.07. The lowest BCUT2D eigenvalue weighted by molar-refractivity contribution is -0.147. The Morgan fingerprint density at radius 3 is 2.67 bits per heavy atom. The molecule has 2 saturated heterocycles. The number of aliphatic hydroxyl groups is 1. The van der Waals surface area contributed by atoms with Crippen molar-refractivity contribution in [3.63, 3.8) is 0 Å². The number of amides is 3. The molecule has 3 rings (SSSR count). The summed E-state index contributed by atoms with van der Waals surface area (Å²) in [4.78, 5) is 39.9. The third kappa shape index (κ3) is 2.88. The smallest absolute Gasteiger partial charge is 0.326 e. The van der Waals surface area contributed by atoms with Gasteiger partial charge < -0.3 is 15.2 Å². The molecule has 0 unspecified atom stereocenters. The Morgan fingerprint density at radius 1 is 1.38 bits per heavy atom. The lowest BCUT2D eigenvalue weighted by Gasteiger charge is -2.34. The van der Waals surface area contributed by atoms with Crippen molar-refractivity contribution in [2.75, 3.05) is 20.3 Å². The average molecular weight is 339 g/mol. The molecule has 0 radical (unpaired) electrons. The van der Waals surface area contributed by atoms with E-state index in [1.54, 1.807) is 4.90 Å². The topological polar surface area (TPSA) is 99.2 Å². The molecule has 1 saturated carbocycles. The van der Waals surface area contributed by atoms with Gasteiger partial charge in [0.2, 0.25) is 0 Å². The van der Waals surface area contributed by atoms with Gasteiger partial charge in [-0.1, -0.05) is 6.92 Å². The number of methoxy groups -OCH3 is 1. The first-order valence-corrected chi connectivity index (χ1v) is 8.50. The molecular formula is C16H25N3O5. The van der Waals surface area contributed by atoms with Gasteiger partial charge in [-0.15, -0.1) is 0 Å². The van der Waals surface area contributed by atoms with Gasteiger partial charge in [0, 0.05) is 13.0 Å².